The molecule has 0 spiro atoms. The van der Waals surface area contributed by atoms with Gasteiger partial charge < -0.3 is 10.7 Å². The molecule has 0 aliphatic rings. The highest BCUT2D eigenvalue weighted by atomic mass is 32.2. The van der Waals surface area contributed by atoms with E-state index in [0.717, 1.165) is 24.6 Å². The Bertz CT molecular complexity index is 1010. The Balaban J connectivity index is 1.98. The van der Waals surface area contributed by atoms with Crippen molar-refractivity contribution in [3.63, 3.8) is 0 Å². The van der Waals surface area contributed by atoms with Crippen LogP contribution >= 0.6 is 0 Å². The number of fused-ring (bicyclic) bond motifs is 1. The van der Waals surface area contributed by atoms with E-state index in [1.807, 2.05) is 12.1 Å². The number of aromatic amines is 1. The molecule has 3 rings (SSSR count). The van der Waals surface area contributed by atoms with E-state index in [-0.39, 0.29) is 6.04 Å². The van der Waals surface area contributed by atoms with Crippen LogP contribution in [0, 0.1) is 5.82 Å². The maximum Gasteiger partial charge on any atom is 0.142 e. The van der Waals surface area contributed by atoms with E-state index >= 15 is 0 Å². The maximum atomic E-state index is 13.4. The van der Waals surface area contributed by atoms with E-state index in [1.54, 1.807) is 12.1 Å². The quantitative estimate of drug-likeness (QED) is 0.646. The second-order valence-electron chi connectivity index (χ2n) is 5.85. The van der Waals surface area contributed by atoms with E-state index < -0.39 is 15.7 Å². The molecule has 0 fully saturated rings. The fourth-order valence-electron chi connectivity index (χ4n) is 2.63. The molecular formula is C17H20FN5OS. The molecule has 2 atom stereocenters. The molecule has 5 N–H and O–H groups in total. The Hall–Kier alpha value is -2.29. The summed E-state index contributed by atoms with van der Waals surface area (Å²) in [7, 11) is -3.18. The maximum absolute atomic E-state index is 13.4. The Morgan fingerprint density at radius 1 is 1.36 bits per heavy atom. The van der Waals surface area contributed by atoms with Gasteiger partial charge in [0.1, 0.15) is 27.1 Å². The van der Waals surface area contributed by atoms with Gasteiger partial charge in [-0.3, -0.25) is 0 Å². The summed E-state index contributed by atoms with van der Waals surface area (Å²) in [5.41, 5.74) is 7.80. The molecular weight excluding hydrogens is 341 g/mol. The van der Waals surface area contributed by atoms with Crippen molar-refractivity contribution < 1.29 is 8.60 Å². The van der Waals surface area contributed by atoms with Crippen LogP contribution in [0.2, 0.25) is 0 Å². The molecule has 2 heterocycles. The number of nitrogens with zero attached hydrogens (tertiary/aromatic N) is 2. The molecule has 0 bridgehead atoms. The minimum Gasteiger partial charge on any atom is -0.344 e. The molecule has 1 aromatic carbocycles. The molecule has 0 saturated heterocycles. The molecule has 3 aromatic rings. The van der Waals surface area contributed by atoms with Crippen molar-refractivity contribution in [1.29, 1.82) is 0 Å². The number of rotatable bonds is 5. The smallest absolute Gasteiger partial charge is 0.142 e. The van der Waals surface area contributed by atoms with Crippen molar-refractivity contribution in [3.05, 3.63) is 54.1 Å². The molecule has 6 nitrogen and oxygen atoms in total. The Morgan fingerprint density at radius 2 is 2.08 bits per heavy atom. The van der Waals surface area contributed by atoms with Gasteiger partial charge in [-0.05, 0) is 30.2 Å². The normalized spacial score (nSPS) is 15.0. The molecule has 0 radical (unpaired) electrons. The number of halogens is 1. The summed E-state index contributed by atoms with van der Waals surface area (Å²) in [5, 5.41) is 6.38. The van der Waals surface area contributed by atoms with Crippen LogP contribution in [0.1, 0.15) is 31.4 Å². The molecule has 0 aliphatic heterocycles. The number of aromatic nitrogens is 2. The fourth-order valence-corrected chi connectivity index (χ4v) is 3.70. The second-order valence-corrected chi connectivity index (χ2v) is 7.64. The average Bonchev–Trinajstić information content (AvgIpc) is 2.97. The zero-order chi connectivity index (χ0) is 18.0. The van der Waals surface area contributed by atoms with E-state index in [1.165, 1.54) is 12.3 Å². The summed E-state index contributed by atoms with van der Waals surface area (Å²) < 4.78 is 30.4. The van der Waals surface area contributed by atoms with Crippen LogP contribution in [0.3, 0.4) is 0 Å². The first-order valence-corrected chi connectivity index (χ1v) is 9.51. The van der Waals surface area contributed by atoms with Crippen LogP contribution in [-0.2, 0) is 9.92 Å². The number of benzene rings is 1. The van der Waals surface area contributed by atoms with Crippen LogP contribution in [-0.4, -0.2) is 14.2 Å². The SMILES string of the molecule is CCCC(N)c1ccc(S(N)(=O)=Nc2c[nH]c3ncc(F)cc23)cc1. The zero-order valence-corrected chi connectivity index (χ0v) is 14.6. The third-order valence-corrected chi connectivity index (χ3v) is 5.37. The number of nitrogens with one attached hydrogen (secondary N) is 1. The second kappa shape index (κ2) is 6.91. The van der Waals surface area contributed by atoms with Crippen molar-refractivity contribution >= 4 is 26.6 Å². The third kappa shape index (κ3) is 3.71. The predicted molar refractivity (Wildman–Crippen MR) is 97.0 cm³/mol. The van der Waals surface area contributed by atoms with Crippen LogP contribution in [0.15, 0.2) is 52.0 Å². The highest BCUT2D eigenvalue weighted by molar-refractivity contribution is 7.91. The summed E-state index contributed by atoms with van der Waals surface area (Å²) in [5.74, 6) is -0.499. The van der Waals surface area contributed by atoms with Gasteiger partial charge in [0.2, 0.25) is 0 Å². The van der Waals surface area contributed by atoms with Gasteiger partial charge in [-0.15, -0.1) is 0 Å². The van der Waals surface area contributed by atoms with Crippen molar-refractivity contribution in [2.75, 3.05) is 0 Å². The molecule has 2 unspecified atom stereocenters. The molecule has 8 heteroatoms. The van der Waals surface area contributed by atoms with Crippen molar-refractivity contribution in [3.8, 4) is 0 Å². The summed E-state index contributed by atoms with van der Waals surface area (Å²) in [4.78, 5) is 7.16. The number of H-pyrrole nitrogens is 1. The minimum atomic E-state index is -3.18. The predicted octanol–water partition coefficient (Wildman–Crippen LogP) is 3.53. The Labute approximate surface area is 145 Å². The Kier molecular flexibility index (Phi) is 4.85. The van der Waals surface area contributed by atoms with Crippen molar-refractivity contribution in [2.45, 2.75) is 30.7 Å². The van der Waals surface area contributed by atoms with Crippen molar-refractivity contribution in [2.24, 2.45) is 15.2 Å². The number of pyridine rings is 1. The first-order valence-electron chi connectivity index (χ1n) is 7.94. The summed E-state index contributed by atoms with van der Waals surface area (Å²) >= 11 is 0. The van der Waals surface area contributed by atoms with Gasteiger partial charge in [-0.25, -0.2) is 18.7 Å². The minimum absolute atomic E-state index is 0.0625. The lowest BCUT2D eigenvalue weighted by Gasteiger charge is -2.11. The van der Waals surface area contributed by atoms with Crippen LogP contribution in [0.4, 0.5) is 10.1 Å². The van der Waals surface area contributed by atoms with Crippen LogP contribution in [0.5, 0.6) is 0 Å². The lowest BCUT2D eigenvalue weighted by molar-refractivity contribution is 0.624. The van der Waals surface area contributed by atoms with Crippen molar-refractivity contribution in [1.82, 2.24) is 9.97 Å². The zero-order valence-electron chi connectivity index (χ0n) is 13.8. The first kappa shape index (κ1) is 17.5. The average molecular weight is 361 g/mol. The van der Waals surface area contributed by atoms with Gasteiger partial charge in [0.15, 0.2) is 0 Å². The molecule has 132 valence electrons. The topological polar surface area (TPSA) is 110 Å². The van der Waals surface area contributed by atoms with E-state index in [2.05, 4.69) is 21.3 Å². The van der Waals surface area contributed by atoms with Gasteiger partial charge in [-0.2, -0.15) is 4.36 Å². The van der Waals surface area contributed by atoms with Gasteiger partial charge >= 0.3 is 0 Å². The highest BCUT2D eigenvalue weighted by Gasteiger charge is 2.12. The highest BCUT2D eigenvalue weighted by Crippen LogP contribution is 2.27. The molecule has 0 saturated carbocycles. The van der Waals surface area contributed by atoms with Gasteiger partial charge in [0.25, 0.3) is 0 Å². The fraction of sp³-hybridized carbons (Fsp3) is 0.235. The van der Waals surface area contributed by atoms with E-state index in [4.69, 9.17) is 10.9 Å². The summed E-state index contributed by atoms with van der Waals surface area (Å²) in [6.45, 7) is 2.07. The molecule has 25 heavy (non-hydrogen) atoms. The van der Waals surface area contributed by atoms with Crippen LogP contribution in [0.25, 0.3) is 11.0 Å². The standard InChI is InChI=1S/C17H20FN5OS/c1-2-3-15(19)11-4-6-13(7-5-11)25(20,24)23-16-10-22-17-14(16)8-12(18)9-21-17/h4-10,15H,2-3,19H2,1H3,(H,21,22)(H2,20,23,24). The van der Waals surface area contributed by atoms with Gasteiger partial charge in [-0.1, -0.05) is 25.5 Å². The number of hydrogen-bond donors (Lipinski definition) is 3. The van der Waals surface area contributed by atoms with E-state index in [9.17, 15) is 8.60 Å². The third-order valence-electron chi connectivity index (χ3n) is 3.96. The summed E-state index contributed by atoms with van der Waals surface area (Å²) in [6.07, 6.45) is 4.46. The lowest BCUT2D eigenvalue weighted by atomic mass is 10.0. The molecule has 2 aromatic heterocycles. The first-order chi connectivity index (χ1) is 11.9. The van der Waals surface area contributed by atoms with Crippen LogP contribution < -0.4 is 10.9 Å². The largest absolute Gasteiger partial charge is 0.344 e. The summed E-state index contributed by atoms with van der Waals surface area (Å²) in [6, 6.07) is 8.18. The van der Waals surface area contributed by atoms with E-state index in [0.29, 0.717) is 21.6 Å². The van der Waals surface area contributed by atoms with Gasteiger partial charge in [0, 0.05) is 17.6 Å². The molecule has 0 aliphatic carbocycles. The molecule has 0 amide bonds. The van der Waals surface area contributed by atoms with Gasteiger partial charge in [0.05, 0.1) is 11.1 Å². The lowest BCUT2D eigenvalue weighted by Crippen LogP contribution is -2.13. The number of hydrogen-bond acceptors (Lipinski definition) is 4. The number of nitrogens with two attached hydrogens (primary N) is 2. The monoisotopic (exact) mass is 361 g/mol. The Morgan fingerprint density at radius 3 is 2.76 bits per heavy atom.